The Morgan fingerprint density at radius 2 is 2.14 bits per heavy atom. The minimum atomic E-state index is 0.454. The maximum Gasteiger partial charge on any atom is 0.194 e. The lowest BCUT2D eigenvalue weighted by atomic mass is 9.85. The first-order valence-electron chi connectivity index (χ1n) is 5.65. The van der Waals surface area contributed by atoms with E-state index in [9.17, 15) is 0 Å². The van der Waals surface area contributed by atoms with Crippen LogP contribution < -0.4 is 0 Å². The number of hydrogen-bond donors (Lipinski definition) is 0. The second-order valence-corrected chi connectivity index (χ2v) is 4.77. The van der Waals surface area contributed by atoms with E-state index in [0.717, 1.165) is 24.5 Å². The molecule has 0 bridgehead atoms. The lowest BCUT2D eigenvalue weighted by Crippen LogP contribution is -2.14. The summed E-state index contributed by atoms with van der Waals surface area (Å²) in [6, 6.07) is 0. The molecule has 2 heteroatoms. The van der Waals surface area contributed by atoms with E-state index in [0.29, 0.717) is 5.41 Å². The van der Waals surface area contributed by atoms with E-state index in [4.69, 9.17) is 4.42 Å². The van der Waals surface area contributed by atoms with Gasteiger partial charge in [-0.2, -0.15) is 0 Å². The Balaban J connectivity index is 2.02. The van der Waals surface area contributed by atoms with Crippen molar-refractivity contribution in [3.8, 4) is 0 Å². The summed E-state index contributed by atoms with van der Waals surface area (Å²) in [6.07, 6.45) is 9.24. The van der Waals surface area contributed by atoms with Crippen LogP contribution in [0.5, 0.6) is 0 Å². The van der Waals surface area contributed by atoms with Crippen LogP contribution in [0.4, 0.5) is 0 Å². The summed E-state index contributed by atoms with van der Waals surface area (Å²) < 4.78 is 5.65. The predicted octanol–water partition coefficient (Wildman–Crippen LogP) is 3.36. The Morgan fingerprint density at radius 1 is 1.43 bits per heavy atom. The highest BCUT2D eigenvalue weighted by Crippen LogP contribution is 2.40. The van der Waals surface area contributed by atoms with Crippen LogP contribution in [0.2, 0.25) is 0 Å². The molecule has 0 spiro atoms. The van der Waals surface area contributed by atoms with Crippen molar-refractivity contribution < 1.29 is 4.42 Å². The summed E-state index contributed by atoms with van der Waals surface area (Å²) in [5, 5.41) is 0. The Bertz CT molecular complexity index is 297. The van der Waals surface area contributed by atoms with Crippen LogP contribution in [0, 0.1) is 5.41 Å². The van der Waals surface area contributed by atoms with Crippen molar-refractivity contribution in [2.24, 2.45) is 5.41 Å². The van der Waals surface area contributed by atoms with Gasteiger partial charge in [0, 0.05) is 12.8 Å². The van der Waals surface area contributed by atoms with E-state index >= 15 is 0 Å². The molecule has 0 atom stereocenters. The van der Waals surface area contributed by atoms with Crippen LogP contribution in [0.1, 0.15) is 51.2 Å². The van der Waals surface area contributed by atoms with Gasteiger partial charge in [0.15, 0.2) is 5.89 Å². The summed E-state index contributed by atoms with van der Waals surface area (Å²) in [6.45, 7) is 4.46. The fourth-order valence-electron chi connectivity index (χ4n) is 2.36. The third-order valence-corrected chi connectivity index (χ3v) is 3.34. The summed E-state index contributed by atoms with van der Waals surface area (Å²) in [5.41, 5.74) is 0.454. The van der Waals surface area contributed by atoms with Gasteiger partial charge >= 0.3 is 0 Å². The summed E-state index contributed by atoms with van der Waals surface area (Å²) >= 11 is 0. The van der Waals surface area contributed by atoms with Crippen molar-refractivity contribution in [3.63, 3.8) is 0 Å². The molecule has 0 radical (unpaired) electrons. The topological polar surface area (TPSA) is 26.0 Å². The first kappa shape index (κ1) is 9.75. The molecule has 0 unspecified atom stereocenters. The van der Waals surface area contributed by atoms with Crippen LogP contribution in [0.15, 0.2) is 10.6 Å². The monoisotopic (exact) mass is 193 g/mol. The summed E-state index contributed by atoms with van der Waals surface area (Å²) in [7, 11) is 0. The molecular formula is C12H19NO. The Morgan fingerprint density at radius 3 is 2.71 bits per heavy atom. The molecule has 78 valence electrons. The minimum Gasteiger partial charge on any atom is -0.446 e. The molecule has 0 N–H and O–H groups in total. The van der Waals surface area contributed by atoms with Crippen LogP contribution >= 0.6 is 0 Å². The quantitative estimate of drug-likeness (QED) is 0.735. The standard InChI is InChI=1S/C12H19NO/c1-3-10-9-13-11(14-10)8-12(2)6-4-5-7-12/h9H,3-8H2,1-2H3. The number of aromatic nitrogens is 1. The maximum absolute atomic E-state index is 5.65. The summed E-state index contributed by atoms with van der Waals surface area (Å²) in [5.74, 6) is 1.95. The highest BCUT2D eigenvalue weighted by atomic mass is 16.4. The molecule has 1 heterocycles. The van der Waals surface area contributed by atoms with Crippen LogP contribution in [0.3, 0.4) is 0 Å². The molecule has 1 aliphatic carbocycles. The molecule has 1 fully saturated rings. The Kier molecular flexibility index (Phi) is 2.62. The van der Waals surface area contributed by atoms with Crippen molar-refractivity contribution in [2.75, 3.05) is 0 Å². The number of hydrogen-bond acceptors (Lipinski definition) is 2. The lowest BCUT2D eigenvalue weighted by Gasteiger charge is -2.20. The van der Waals surface area contributed by atoms with E-state index in [1.165, 1.54) is 25.7 Å². The molecule has 14 heavy (non-hydrogen) atoms. The van der Waals surface area contributed by atoms with Gasteiger partial charge in [-0.25, -0.2) is 4.98 Å². The highest BCUT2D eigenvalue weighted by Gasteiger charge is 2.30. The highest BCUT2D eigenvalue weighted by molar-refractivity contribution is 4.97. The molecule has 1 aliphatic rings. The molecule has 2 rings (SSSR count). The molecule has 0 aliphatic heterocycles. The second kappa shape index (κ2) is 3.76. The van der Waals surface area contributed by atoms with E-state index in [-0.39, 0.29) is 0 Å². The van der Waals surface area contributed by atoms with Gasteiger partial charge in [0.1, 0.15) is 5.76 Å². The predicted molar refractivity (Wildman–Crippen MR) is 56.2 cm³/mol. The van der Waals surface area contributed by atoms with Gasteiger partial charge in [-0.1, -0.05) is 26.7 Å². The van der Waals surface area contributed by atoms with Gasteiger partial charge in [-0.3, -0.25) is 0 Å². The normalized spacial score (nSPS) is 20.1. The van der Waals surface area contributed by atoms with Crippen molar-refractivity contribution >= 4 is 0 Å². The van der Waals surface area contributed by atoms with Gasteiger partial charge in [0.25, 0.3) is 0 Å². The fourth-order valence-corrected chi connectivity index (χ4v) is 2.36. The molecular weight excluding hydrogens is 174 g/mol. The van der Waals surface area contributed by atoms with Crippen molar-refractivity contribution in [2.45, 2.75) is 52.4 Å². The molecule has 2 nitrogen and oxygen atoms in total. The van der Waals surface area contributed by atoms with Crippen molar-refractivity contribution in [1.29, 1.82) is 0 Å². The van der Waals surface area contributed by atoms with Gasteiger partial charge in [-0.05, 0) is 18.3 Å². The number of nitrogens with zero attached hydrogens (tertiary/aromatic N) is 1. The molecule has 1 aromatic heterocycles. The van der Waals surface area contributed by atoms with Gasteiger partial charge < -0.3 is 4.42 Å². The smallest absolute Gasteiger partial charge is 0.194 e. The maximum atomic E-state index is 5.65. The molecule has 1 aromatic rings. The zero-order valence-electron chi connectivity index (χ0n) is 9.18. The Labute approximate surface area is 85.7 Å². The lowest BCUT2D eigenvalue weighted by molar-refractivity contribution is 0.295. The van der Waals surface area contributed by atoms with E-state index < -0.39 is 0 Å². The van der Waals surface area contributed by atoms with Gasteiger partial charge in [0.2, 0.25) is 0 Å². The van der Waals surface area contributed by atoms with Crippen LogP contribution in [-0.2, 0) is 12.8 Å². The average Bonchev–Trinajstić information content (AvgIpc) is 2.75. The van der Waals surface area contributed by atoms with Crippen LogP contribution in [0.25, 0.3) is 0 Å². The molecule has 0 aromatic carbocycles. The third-order valence-electron chi connectivity index (χ3n) is 3.34. The first-order valence-corrected chi connectivity index (χ1v) is 5.65. The number of aryl methyl sites for hydroxylation is 1. The summed E-state index contributed by atoms with van der Waals surface area (Å²) in [4.78, 5) is 4.33. The molecule has 1 saturated carbocycles. The number of oxazole rings is 1. The van der Waals surface area contributed by atoms with E-state index in [2.05, 4.69) is 18.8 Å². The van der Waals surface area contributed by atoms with Crippen molar-refractivity contribution in [1.82, 2.24) is 4.98 Å². The zero-order valence-corrected chi connectivity index (χ0v) is 9.18. The van der Waals surface area contributed by atoms with E-state index in [1.807, 2.05) is 6.20 Å². The molecule has 0 saturated heterocycles. The number of rotatable bonds is 3. The van der Waals surface area contributed by atoms with E-state index in [1.54, 1.807) is 0 Å². The second-order valence-electron chi connectivity index (χ2n) is 4.77. The zero-order chi connectivity index (χ0) is 10.0. The first-order chi connectivity index (χ1) is 6.72. The van der Waals surface area contributed by atoms with Gasteiger partial charge in [-0.15, -0.1) is 0 Å². The fraction of sp³-hybridized carbons (Fsp3) is 0.750. The Hall–Kier alpha value is -0.790. The van der Waals surface area contributed by atoms with Crippen LogP contribution in [-0.4, -0.2) is 4.98 Å². The SMILES string of the molecule is CCc1cnc(CC2(C)CCCC2)o1. The average molecular weight is 193 g/mol. The van der Waals surface area contributed by atoms with Crippen molar-refractivity contribution in [3.05, 3.63) is 17.8 Å². The minimum absolute atomic E-state index is 0.454. The largest absolute Gasteiger partial charge is 0.446 e. The van der Waals surface area contributed by atoms with Gasteiger partial charge in [0.05, 0.1) is 6.20 Å². The molecule has 0 amide bonds. The third kappa shape index (κ3) is 1.99.